The van der Waals surface area contributed by atoms with Crippen LogP contribution in [0, 0.1) is 0 Å². The van der Waals surface area contributed by atoms with E-state index < -0.39 is 0 Å². The van der Waals surface area contributed by atoms with Gasteiger partial charge in [-0.2, -0.15) is 0 Å². The molecular formula is C18H23ClN2. The molecule has 112 valence electrons. The number of hydrogen-bond donors (Lipinski definition) is 1. The summed E-state index contributed by atoms with van der Waals surface area (Å²) in [5.41, 5.74) is 4.80. The third kappa shape index (κ3) is 4.07. The molecule has 0 saturated carbocycles. The van der Waals surface area contributed by atoms with E-state index in [4.69, 9.17) is 11.6 Å². The summed E-state index contributed by atoms with van der Waals surface area (Å²) < 4.78 is 0. The van der Waals surface area contributed by atoms with E-state index >= 15 is 0 Å². The van der Waals surface area contributed by atoms with E-state index in [1.54, 1.807) is 0 Å². The molecule has 1 atom stereocenters. The van der Waals surface area contributed by atoms with Crippen molar-refractivity contribution < 1.29 is 0 Å². The van der Waals surface area contributed by atoms with Gasteiger partial charge in [-0.3, -0.25) is 0 Å². The predicted octanol–water partition coefficient (Wildman–Crippen LogP) is 4.35. The molecule has 0 saturated heterocycles. The highest BCUT2D eigenvalue weighted by Crippen LogP contribution is 2.30. The molecular weight excluding hydrogens is 280 g/mol. The zero-order chi connectivity index (χ0) is 15.4. The molecule has 0 radical (unpaired) electrons. The van der Waals surface area contributed by atoms with E-state index in [0.29, 0.717) is 6.04 Å². The Hall–Kier alpha value is -1.35. The van der Waals surface area contributed by atoms with Gasteiger partial charge in [0, 0.05) is 23.2 Å². The minimum atomic E-state index is 0.314. The smallest absolute Gasteiger partial charge is 0.0484 e. The second kappa shape index (κ2) is 7.08. The fourth-order valence-electron chi connectivity index (χ4n) is 2.35. The van der Waals surface area contributed by atoms with Crippen LogP contribution in [-0.2, 0) is 6.54 Å². The predicted molar refractivity (Wildman–Crippen MR) is 91.8 cm³/mol. The molecule has 0 aromatic heterocycles. The van der Waals surface area contributed by atoms with E-state index in [2.05, 4.69) is 67.6 Å². The maximum absolute atomic E-state index is 6.37. The van der Waals surface area contributed by atoms with Crippen molar-refractivity contribution in [3.63, 3.8) is 0 Å². The normalized spacial score (nSPS) is 12.7. The van der Waals surface area contributed by atoms with Crippen LogP contribution in [-0.4, -0.2) is 26.0 Å². The summed E-state index contributed by atoms with van der Waals surface area (Å²) >= 11 is 6.37. The lowest BCUT2D eigenvalue weighted by Gasteiger charge is -2.14. The second-order valence-electron chi connectivity index (χ2n) is 5.68. The molecule has 2 rings (SSSR count). The standard InChI is InChI=1S/C18H23ClN2/c1-13(20-2)16-9-10-18(19)17(11-16)15-7-5-14(6-8-15)12-21(3)4/h5-11,13,20H,12H2,1-4H3. The SMILES string of the molecule is CNC(C)c1ccc(Cl)c(-c2ccc(CN(C)C)cc2)c1. The number of nitrogens with zero attached hydrogens (tertiary/aromatic N) is 1. The Labute approximate surface area is 132 Å². The van der Waals surface area contributed by atoms with Crippen LogP contribution in [0.1, 0.15) is 24.1 Å². The van der Waals surface area contributed by atoms with E-state index in [1.165, 1.54) is 11.1 Å². The third-order valence-electron chi connectivity index (χ3n) is 3.69. The van der Waals surface area contributed by atoms with Crippen molar-refractivity contribution in [3.05, 3.63) is 58.6 Å². The van der Waals surface area contributed by atoms with Crippen molar-refractivity contribution in [1.82, 2.24) is 10.2 Å². The van der Waals surface area contributed by atoms with E-state index in [9.17, 15) is 0 Å². The fourth-order valence-corrected chi connectivity index (χ4v) is 2.58. The lowest BCUT2D eigenvalue weighted by molar-refractivity contribution is 0.402. The summed E-state index contributed by atoms with van der Waals surface area (Å²) in [4.78, 5) is 2.16. The molecule has 2 aromatic carbocycles. The highest BCUT2D eigenvalue weighted by atomic mass is 35.5. The molecule has 1 N–H and O–H groups in total. The molecule has 0 bridgehead atoms. The summed E-state index contributed by atoms with van der Waals surface area (Å²) in [5.74, 6) is 0. The van der Waals surface area contributed by atoms with Gasteiger partial charge in [0.25, 0.3) is 0 Å². The Bertz CT molecular complexity index is 591. The first-order valence-corrected chi connectivity index (χ1v) is 7.60. The third-order valence-corrected chi connectivity index (χ3v) is 4.02. The quantitative estimate of drug-likeness (QED) is 0.883. The summed E-state index contributed by atoms with van der Waals surface area (Å²) in [7, 11) is 6.12. The van der Waals surface area contributed by atoms with Crippen molar-refractivity contribution in [2.75, 3.05) is 21.1 Å². The Morgan fingerprint density at radius 2 is 1.76 bits per heavy atom. The number of halogens is 1. The number of nitrogens with one attached hydrogen (secondary N) is 1. The van der Waals surface area contributed by atoms with Crippen LogP contribution in [0.2, 0.25) is 5.02 Å². The lowest BCUT2D eigenvalue weighted by atomic mass is 9.99. The molecule has 0 amide bonds. The van der Waals surface area contributed by atoms with Crippen LogP contribution < -0.4 is 5.32 Å². The van der Waals surface area contributed by atoms with Gasteiger partial charge in [0.05, 0.1) is 0 Å². The first-order valence-electron chi connectivity index (χ1n) is 7.22. The number of hydrogen-bond acceptors (Lipinski definition) is 2. The highest BCUT2D eigenvalue weighted by molar-refractivity contribution is 6.33. The van der Waals surface area contributed by atoms with Crippen LogP contribution in [0.5, 0.6) is 0 Å². The monoisotopic (exact) mass is 302 g/mol. The zero-order valence-electron chi connectivity index (χ0n) is 13.2. The summed E-state index contributed by atoms with van der Waals surface area (Å²) in [6, 6.07) is 15.2. The minimum Gasteiger partial charge on any atom is -0.313 e. The van der Waals surface area contributed by atoms with Crippen LogP contribution in [0.25, 0.3) is 11.1 Å². The van der Waals surface area contributed by atoms with Gasteiger partial charge in [-0.1, -0.05) is 41.9 Å². The van der Waals surface area contributed by atoms with Gasteiger partial charge in [0.15, 0.2) is 0 Å². The van der Waals surface area contributed by atoms with Gasteiger partial charge in [-0.25, -0.2) is 0 Å². The Morgan fingerprint density at radius 3 is 2.33 bits per heavy atom. The molecule has 2 nitrogen and oxygen atoms in total. The fraction of sp³-hybridized carbons (Fsp3) is 0.333. The largest absolute Gasteiger partial charge is 0.313 e. The Kier molecular flexibility index (Phi) is 5.40. The van der Waals surface area contributed by atoms with Gasteiger partial charge in [-0.15, -0.1) is 0 Å². The van der Waals surface area contributed by atoms with Gasteiger partial charge < -0.3 is 10.2 Å². The van der Waals surface area contributed by atoms with Crippen molar-refractivity contribution >= 4 is 11.6 Å². The first kappa shape index (κ1) is 16.0. The molecule has 3 heteroatoms. The summed E-state index contributed by atoms with van der Waals surface area (Å²) in [6.07, 6.45) is 0. The number of benzene rings is 2. The highest BCUT2D eigenvalue weighted by Gasteiger charge is 2.08. The van der Waals surface area contributed by atoms with Crippen molar-refractivity contribution in [2.24, 2.45) is 0 Å². The van der Waals surface area contributed by atoms with Gasteiger partial charge >= 0.3 is 0 Å². The molecule has 0 spiro atoms. The maximum Gasteiger partial charge on any atom is 0.0484 e. The maximum atomic E-state index is 6.37. The number of rotatable bonds is 5. The topological polar surface area (TPSA) is 15.3 Å². The Morgan fingerprint density at radius 1 is 1.10 bits per heavy atom. The van der Waals surface area contributed by atoms with Crippen LogP contribution in [0.4, 0.5) is 0 Å². The molecule has 0 heterocycles. The molecule has 0 aliphatic carbocycles. The van der Waals surface area contributed by atoms with Crippen molar-refractivity contribution in [3.8, 4) is 11.1 Å². The van der Waals surface area contributed by atoms with E-state index in [1.807, 2.05) is 13.1 Å². The van der Waals surface area contributed by atoms with Crippen molar-refractivity contribution in [1.29, 1.82) is 0 Å². The van der Waals surface area contributed by atoms with E-state index in [-0.39, 0.29) is 0 Å². The molecule has 2 aromatic rings. The summed E-state index contributed by atoms with van der Waals surface area (Å²) in [6.45, 7) is 3.10. The summed E-state index contributed by atoms with van der Waals surface area (Å²) in [5, 5.41) is 4.06. The molecule has 0 fully saturated rings. The zero-order valence-corrected chi connectivity index (χ0v) is 13.9. The van der Waals surface area contributed by atoms with Gasteiger partial charge in [0.1, 0.15) is 0 Å². The van der Waals surface area contributed by atoms with Crippen molar-refractivity contribution in [2.45, 2.75) is 19.5 Å². The van der Waals surface area contributed by atoms with Crippen LogP contribution in [0.3, 0.4) is 0 Å². The molecule has 21 heavy (non-hydrogen) atoms. The van der Waals surface area contributed by atoms with Gasteiger partial charge in [-0.05, 0) is 56.9 Å². The molecule has 0 aliphatic heterocycles. The van der Waals surface area contributed by atoms with E-state index in [0.717, 1.165) is 22.7 Å². The average molecular weight is 303 g/mol. The minimum absolute atomic E-state index is 0.314. The van der Waals surface area contributed by atoms with Crippen LogP contribution in [0.15, 0.2) is 42.5 Å². The molecule has 1 unspecified atom stereocenters. The Balaban J connectivity index is 2.32. The lowest BCUT2D eigenvalue weighted by Crippen LogP contribution is -2.12. The van der Waals surface area contributed by atoms with Crippen LogP contribution >= 0.6 is 11.6 Å². The second-order valence-corrected chi connectivity index (χ2v) is 6.09. The average Bonchev–Trinajstić information content (AvgIpc) is 2.47. The molecule has 0 aliphatic rings. The van der Waals surface area contributed by atoms with Gasteiger partial charge in [0.2, 0.25) is 0 Å². The first-order chi connectivity index (χ1) is 10.0.